The van der Waals surface area contributed by atoms with Crippen molar-refractivity contribution in [1.29, 1.82) is 0 Å². The normalized spacial score (nSPS) is 13.3. The second-order valence-corrected chi connectivity index (χ2v) is 4.19. The van der Waals surface area contributed by atoms with Gasteiger partial charge in [0.25, 0.3) is 0 Å². The average molecular weight is 159 g/mol. The van der Waals surface area contributed by atoms with Crippen LogP contribution >= 0.6 is 0 Å². The van der Waals surface area contributed by atoms with Crippen molar-refractivity contribution in [2.45, 2.75) is 38.1 Å². The standard InChI is InChI=1S/C7H17NOSi/c1-2-3-4-5-6(10)7(8)9/h6H,2-5H2,1,10H3,(H2,8,9). The van der Waals surface area contributed by atoms with Gasteiger partial charge in [-0.1, -0.05) is 26.2 Å². The third-order valence-corrected chi connectivity index (χ3v) is 2.87. The Morgan fingerprint density at radius 3 is 2.60 bits per heavy atom. The number of hydrogen-bond donors (Lipinski definition) is 1. The van der Waals surface area contributed by atoms with E-state index in [4.69, 9.17) is 5.73 Å². The number of rotatable bonds is 5. The summed E-state index contributed by atoms with van der Waals surface area (Å²) in [5.41, 5.74) is 5.31. The van der Waals surface area contributed by atoms with Gasteiger partial charge in [-0.15, -0.1) is 0 Å². The van der Waals surface area contributed by atoms with E-state index in [0.29, 0.717) is 0 Å². The molecule has 1 unspecified atom stereocenters. The van der Waals surface area contributed by atoms with Crippen molar-refractivity contribution >= 4 is 16.1 Å². The summed E-state index contributed by atoms with van der Waals surface area (Å²) in [6.45, 7) is 2.16. The number of hydrogen-bond acceptors (Lipinski definition) is 1. The monoisotopic (exact) mass is 159 g/mol. The van der Waals surface area contributed by atoms with E-state index in [-0.39, 0.29) is 11.4 Å². The van der Waals surface area contributed by atoms with Gasteiger partial charge in [-0.2, -0.15) is 0 Å². The zero-order chi connectivity index (χ0) is 7.98. The van der Waals surface area contributed by atoms with Crippen LogP contribution in [0.1, 0.15) is 32.6 Å². The fourth-order valence-corrected chi connectivity index (χ4v) is 1.25. The van der Waals surface area contributed by atoms with Gasteiger partial charge in [0.1, 0.15) is 0 Å². The highest BCUT2D eigenvalue weighted by atomic mass is 28.1. The van der Waals surface area contributed by atoms with Crippen LogP contribution in [-0.2, 0) is 4.79 Å². The number of amides is 1. The van der Waals surface area contributed by atoms with Gasteiger partial charge >= 0.3 is 0 Å². The van der Waals surface area contributed by atoms with Crippen molar-refractivity contribution in [2.24, 2.45) is 5.73 Å². The summed E-state index contributed by atoms with van der Waals surface area (Å²) in [6.07, 6.45) is 4.61. The Labute approximate surface area is 65.6 Å². The topological polar surface area (TPSA) is 43.1 Å². The molecule has 0 aliphatic rings. The minimum atomic E-state index is -0.109. The summed E-state index contributed by atoms with van der Waals surface area (Å²) in [5.74, 6) is -0.109. The van der Waals surface area contributed by atoms with Crippen LogP contribution < -0.4 is 5.73 Å². The first-order chi connectivity index (χ1) is 4.68. The molecule has 1 amide bonds. The lowest BCUT2D eigenvalue weighted by atomic mass is 10.1. The second-order valence-electron chi connectivity index (χ2n) is 2.80. The van der Waals surface area contributed by atoms with E-state index in [1.54, 1.807) is 0 Å². The molecule has 0 aromatic rings. The van der Waals surface area contributed by atoms with Crippen LogP contribution in [0.5, 0.6) is 0 Å². The number of carbonyl (C=O) groups is 1. The summed E-state index contributed by atoms with van der Waals surface area (Å²) in [4.78, 5) is 10.6. The molecule has 0 heterocycles. The maximum Gasteiger partial charge on any atom is 0.216 e. The molecule has 0 saturated heterocycles. The molecule has 0 rings (SSSR count). The minimum Gasteiger partial charge on any atom is -0.370 e. The van der Waals surface area contributed by atoms with Crippen LogP contribution in [-0.4, -0.2) is 16.1 Å². The Kier molecular flexibility index (Phi) is 5.30. The second kappa shape index (κ2) is 5.47. The number of carbonyl (C=O) groups excluding carboxylic acids is 1. The van der Waals surface area contributed by atoms with Gasteiger partial charge in [-0.25, -0.2) is 0 Å². The van der Waals surface area contributed by atoms with E-state index in [1.165, 1.54) is 12.8 Å². The van der Waals surface area contributed by atoms with Crippen molar-refractivity contribution in [1.82, 2.24) is 0 Å². The Bertz CT molecular complexity index is 106. The van der Waals surface area contributed by atoms with Crippen LogP contribution in [0, 0.1) is 0 Å². The minimum absolute atomic E-state index is 0.109. The number of unbranched alkanes of at least 4 members (excludes halogenated alkanes) is 2. The molecule has 2 nitrogen and oxygen atoms in total. The molecule has 0 saturated carbocycles. The maximum atomic E-state index is 10.6. The predicted molar refractivity (Wildman–Crippen MR) is 47.0 cm³/mol. The lowest BCUT2D eigenvalue weighted by Gasteiger charge is -2.04. The van der Waals surface area contributed by atoms with Gasteiger partial charge < -0.3 is 5.73 Å². The molecule has 2 N–H and O–H groups in total. The van der Waals surface area contributed by atoms with Gasteiger partial charge in [-0.05, 0) is 6.42 Å². The zero-order valence-electron chi connectivity index (χ0n) is 6.89. The summed E-state index contributed by atoms with van der Waals surface area (Å²) in [6, 6.07) is 0. The van der Waals surface area contributed by atoms with Gasteiger partial charge in [0, 0.05) is 15.8 Å². The van der Waals surface area contributed by atoms with Crippen molar-refractivity contribution < 1.29 is 4.79 Å². The van der Waals surface area contributed by atoms with Crippen molar-refractivity contribution in [3.05, 3.63) is 0 Å². The summed E-state index contributed by atoms with van der Waals surface area (Å²) in [7, 11) is 0.916. The lowest BCUT2D eigenvalue weighted by Crippen LogP contribution is -2.18. The Morgan fingerprint density at radius 2 is 2.20 bits per heavy atom. The van der Waals surface area contributed by atoms with Crippen molar-refractivity contribution in [2.75, 3.05) is 0 Å². The first-order valence-electron chi connectivity index (χ1n) is 3.97. The molecule has 0 aromatic carbocycles. The zero-order valence-corrected chi connectivity index (χ0v) is 8.89. The van der Waals surface area contributed by atoms with Crippen LogP contribution in [0.15, 0.2) is 0 Å². The average Bonchev–Trinajstić information content (AvgIpc) is 1.88. The van der Waals surface area contributed by atoms with Gasteiger partial charge in [0.2, 0.25) is 5.91 Å². The summed E-state index contributed by atoms with van der Waals surface area (Å²) >= 11 is 0. The smallest absolute Gasteiger partial charge is 0.216 e. The van der Waals surface area contributed by atoms with Crippen molar-refractivity contribution in [3.63, 3.8) is 0 Å². The SMILES string of the molecule is CCCCCC([SiH3])C(N)=O. The number of primary amides is 1. The van der Waals surface area contributed by atoms with Crippen LogP contribution in [0.4, 0.5) is 0 Å². The Morgan fingerprint density at radius 1 is 1.60 bits per heavy atom. The molecule has 0 aliphatic heterocycles. The molecule has 3 heteroatoms. The van der Waals surface area contributed by atoms with E-state index < -0.39 is 0 Å². The van der Waals surface area contributed by atoms with E-state index in [0.717, 1.165) is 23.1 Å². The first-order valence-corrected chi connectivity index (χ1v) is 5.13. The third-order valence-electron chi connectivity index (χ3n) is 1.73. The van der Waals surface area contributed by atoms with Crippen LogP contribution in [0.25, 0.3) is 0 Å². The fourth-order valence-electron chi connectivity index (χ4n) is 0.843. The molecule has 0 aromatic heterocycles. The molecule has 0 spiro atoms. The Balaban J connectivity index is 3.21. The lowest BCUT2D eigenvalue weighted by molar-refractivity contribution is -0.118. The molecular weight excluding hydrogens is 142 g/mol. The molecule has 0 radical (unpaired) electrons. The van der Waals surface area contributed by atoms with E-state index in [1.807, 2.05) is 0 Å². The number of nitrogens with two attached hydrogens (primary N) is 1. The van der Waals surface area contributed by atoms with E-state index >= 15 is 0 Å². The van der Waals surface area contributed by atoms with Gasteiger partial charge in [-0.3, -0.25) is 4.79 Å². The van der Waals surface area contributed by atoms with Gasteiger partial charge in [0.05, 0.1) is 0 Å². The molecule has 1 atom stereocenters. The van der Waals surface area contributed by atoms with E-state index in [2.05, 4.69) is 6.92 Å². The molecule has 60 valence electrons. The van der Waals surface area contributed by atoms with Crippen LogP contribution in [0.3, 0.4) is 0 Å². The van der Waals surface area contributed by atoms with Crippen molar-refractivity contribution in [3.8, 4) is 0 Å². The molecular formula is C7H17NOSi. The third kappa shape index (κ3) is 4.55. The predicted octanol–water partition coefficient (Wildman–Crippen LogP) is 0.206. The maximum absolute atomic E-state index is 10.6. The highest BCUT2D eigenvalue weighted by Crippen LogP contribution is 2.10. The largest absolute Gasteiger partial charge is 0.370 e. The van der Waals surface area contributed by atoms with Gasteiger partial charge in [0.15, 0.2) is 0 Å². The highest BCUT2D eigenvalue weighted by Gasteiger charge is 2.06. The quantitative estimate of drug-likeness (QED) is 0.452. The molecule has 10 heavy (non-hydrogen) atoms. The van der Waals surface area contributed by atoms with Crippen LogP contribution in [0.2, 0.25) is 5.54 Å². The molecule has 0 fully saturated rings. The summed E-state index contributed by atoms with van der Waals surface area (Å²) in [5, 5.41) is 0. The first kappa shape index (κ1) is 9.69. The molecule has 0 bridgehead atoms. The molecule has 0 aliphatic carbocycles. The highest BCUT2D eigenvalue weighted by molar-refractivity contribution is 6.23. The summed E-state index contributed by atoms with van der Waals surface area (Å²) < 4.78 is 0. The fraction of sp³-hybridized carbons (Fsp3) is 0.857. The van der Waals surface area contributed by atoms with E-state index in [9.17, 15) is 4.79 Å². The Hall–Kier alpha value is -0.313.